The summed E-state index contributed by atoms with van der Waals surface area (Å²) in [6.07, 6.45) is 0. The van der Waals surface area contributed by atoms with Crippen molar-refractivity contribution in [3.63, 3.8) is 0 Å². The van der Waals surface area contributed by atoms with Crippen molar-refractivity contribution in [3.8, 4) is 0 Å². The van der Waals surface area contributed by atoms with Crippen molar-refractivity contribution in [2.24, 2.45) is 0 Å². The van der Waals surface area contributed by atoms with Gasteiger partial charge in [-0.15, -0.1) is 11.3 Å². The molecular formula is C10H7Cl2NO2S2. The van der Waals surface area contributed by atoms with Gasteiger partial charge in [0.25, 0.3) is 10.0 Å². The van der Waals surface area contributed by atoms with Gasteiger partial charge >= 0.3 is 0 Å². The molecule has 0 aliphatic heterocycles. The minimum atomic E-state index is -3.58. The summed E-state index contributed by atoms with van der Waals surface area (Å²) >= 11 is 12.8. The average Bonchev–Trinajstić information content (AvgIpc) is 2.77. The molecule has 3 nitrogen and oxygen atoms in total. The lowest BCUT2D eigenvalue weighted by Crippen LogP contribution is -2.11. The number of benzene rings is 1. The van der Waals surface area contributed by atoms with Gasteiger partial charge in [0, 0.05) is 5.02 Å². The molecule has 0 amide bonds. The van der Waals surface area contributed by atoms with E-state index in [9.17, 15) is 8.42 Å². The third-order valence-corrected chi connectivity index (χ3v) is 5.26. The predicted octanol–water partition coefficient (Wildman–Crippen LogP) is 3.86. The van der Waals surface area contributed by atoms with E-state index in [0.29, 0.717) is 10.0 Å². The van der Waals surface area contributed by atoms with Gasteiger partial charge in [-0.2, -0.15) is 0 Å². The average molecular weight is 308 g/mol. The van der Waals surface area contributed by atoms with Gasteiger partial charge in [-0.3, -0.25) is 4.72 Å². The minimum absolute atomic E-state index is 0.230. The molecule has 2 aromatic rings. The summed E-state index contributed by atoms with van der Waals surface area (Å²) in [5.41, 5.74) is 0.271. The number of thiophene rings is 1. The summed E-state index contributed by atoms with van der Waals surface area (Å²) in [6.45, 7) is 0. The second kappa shape index (κ2) is 4.86. The standard InChI is InChI=1S/C10H7Cl2NO2S2/c11-7-3-4-8(12)9(6-7)13-17(14,15)10-2-1-5-16-10/h1-6,13H. The molecule has 17 heavy (non-hydrogen) atoms. The normalized spacial score (nSPS) is 11.4. The largest absolute Gasteiger partial charge is 0.277 e. The lowest BCUT2D eigenvalue weighted by atomic mass is 10.3. The Morgan fingerprint density at radius 3 is 2.59 bits per heavy atom. The number of hydrogen-bond acceptors (Lipinski definition) is 3. The second-order valence-electron chi connectivity index (χ2n) is 3.16. The number of hydrogen-bond donors (Lipinski definition) is 1. The number of nitrogens with one attached hydrogen (secondary N) is 1. The van der Waals surface area contributed by atoms with Gasteiger partial charge in [0.15, 0.2) is 0 Å². The van der Waals surface area contributed by atoms with Gasteiger partial charge in [-0.25, -0.2) is 8.42 Å². The fourth-order valence-electron chi connectivity index (χ4n) is 1.19. The Bertz CT molecular complexity index is 624. The molecular weight excluding hydrogens is 301 g/mol. The molecule has 0 radical (unpaired) electrons. The molecule has 1 aromatic heterocycles. The van der Waals surface area contributed by atoms with Crippen LogP contribution in [0.15, 0.2) is 39.9 Å². The van der Waals surface area contributed by atoms with Crippen LogP contribution in [0.3, 0.4) is 0 Å². The highest BCUT2D eigenvalue weighted by molar-refractivity contribution is 7.94. The molecule has 0 saturated heterocycles. The van der Waals surface area contributed by atoms with E-state index in [1.807, 2.05) is 0 Å². The first kappa shape index (κ1) is 12.7. The van der Waals surface area contributed by atoms with Crippen LogP contribution in [0.4, 0.5) is 5.69 Å². The van der Waals surface area contributed by atoms with Gasteiger partial charge in [-0.1, -0.05) is 29.3 Å². The third-order valence-electron chi connectivity index (χ3n) is 1.93. The van der Waals surface area contributed by atoms with E-state index < -0.39 is 10.0 Å². The summed E-state index contributed by atoms with van der Waals surface area (Å²) < 4.78 is 26.5. The van der Waals surface area contributed by atoms with Crippen molar-refractivity contribution >= 4 is 50.2 Å². The maximum absolute atomic E-state index is 11.9. The van der Waals surface area contributed by atoms with E-state index in [1.165, 1.54) is 18.2 Å². The molecule has 0 atom stereocenters. The van der Waals surface area contributed by atoms with Crippen molar-refractivity contribution < 1.29 is 8.42 Å². The van der Waals surface area contributed by atoms with E-state index in [0.717, 1.165) is 11.3 Å². The lowest BCUT2D eigenvalue weighted by molar-refractivity contribution is 0.603. The van der Waals surface area contributed by atoms with Gasteiger partial charge in [0.1, 0.15) is 4.21 Å². The lowest BCUT2D eigenvalue weighted by Gasteiger charge is -2.08. The fraction of sp³-hybridized carbons (Fsp3) is 0. The Labute approximate surface area is 113 Å². The summed E-state index contributed by atoms with van der Waals surface area (Å²) in [6, 6.07) is 7.78. The SMILES string of the molecule is O=S(=O)(Nc1cc(Cl)ccc1Cl)c1cccs1. The second-order valence-corrected chi connectivity index (χ2v) is 6.86. The summed E-state index contributed by atoms with van der Waals surface area (Å²) in [4.78, 5) is 0. The first-order chi connectivity index (χ1) is 7.99. The molecule has 1 heterocycles. The van der Waals surface area contributed by atoms with Crippen molar-refractivity contribution in [1.29, 1.82) is 0 Å². The molecule has 0 bridgehead atoms. The smallest absolute Gasteiger partial charge is 0.271 e. The number of anilines is 1. The quantitative estimate of drug-likeness (QED) is 0.936. The molecule has 0 fully saturated rings. The third kappa shape index (κ3) is 2.93. The highest BCUT2D eigenvalue weighted by Gasteiger charge is 2.16. The van der Waals surface area contributed by atoms with Crippen molar-refractivity contribution in [3.05, 3.63) is 45.8 Å². The van der Waals surface area contributed by atoms with Crippen molar-refractivity contribution in [2.75, 3.05) is 4.72 Å². The van der Waals surface area contributed by atoms with Gasteiger partial charge in [0.05, 0.1) is 10.7 Å². The predicted molar refractivity (Wildman–Crippen MR) is 71.6 cm³/mol. The van der Waals surface area contributed by atoms with Crippen molar-refractivity contribution in [2.45, 2.75) is 4.21 Å². The topological polar surface area (TPSA) is 46.2 Å². The molecule has 0 spiro atoms. The van der Waals surface area contributed by atoms with E-state index in [-0.39, 0.29) is 9.90 Å². The molecule has 90 valence electrons. The summed E-state index contributed by atoms with van der Waals surface area (Å²) in [7, 11) is -3.58. The Kier molecular flexibility index (Phi) is 3.63. The van der Waals surface area contributed by atoms with E-state index in [2.05, 4.69) is 4.72 Å². The van der Waals surface area contributed by atoms with Crippen LogP contribution in [-0.2, 0) is 10.0 Å². The van der Waals surface area contributed by atoms with Crippen LogP contribution in [0.5, 0.6) is 0 Å². The fourth-order valence-corrected chi connectivity index (χ4v) is 3.64. The summed E-state index contributed by atoms with van der Waals surface area (Å²) in [5.74, 6) is 0. The molecule has 1 aromatic carbocycles. The molecule has 0 saturated carbocycles. The number of sulfonamides is 1. The monoisotopic (exact) mass is 307 g/mol. The van der Waals surface area contributed by atoms with Gasteiger partial charge in [0.2, 0.25) is 0 Å². The van der Waals surface area contributed by atoms with E-state index in [1.54, 1.807) is 17.5 Å². The van der Waals surface area contributed by atoms with Crippen LogP contribution in [-0.4, -0.2) is 8.42 Å². The Balaban J connectivity index is 2.36. The number of halogens is 2. The zero-order valence-corrected chi connectivity index (χ0v) is 11.5. The van der Waals surface area contributed by atoms with Crippen LogP contribution < -0.4 is 4.72 Å². The van der Waals surface area contributed by atoms with Crippen LogP contribution >= 0.6 is 34.5 Å². The Morgan fingerprint density at radius 1 is 1.18 bits per heavy atom. The molecule has 7 heteroatoms. The maximum atomic E-state index is 11.9. The van der Waals surface area contributed by atoms with Gasteiger partial charge < -0.3 is 0 Å². The van der Waals surface area contributed by atoms with Crippen molar-refractivity contribution in [1.82, 2.24) is 0 Å². The zero-order valence-electron chi connectivity index (χ0n) is 8.35. The van der Waals surface area contributed by atoms with E-state index >= 15 is 0 Å². The molecule has 1 N–H and O–H groups in total. The van der Waals surface area contributed by atoms with Crippen LogP contribution in [0.1, 0.15) is 0 Å². The van der Waals surface area contributed by atoms with Crippen LogP contribution in [0, 0.1) is 0 Å². The maximum Gasteiger partial charge on any atom is 0.271 e. The number of rotatable bonds is 3. The Morgan fingerprint density at radius 2 is 1.94 bits per heavy atom. The molecule has 2 rings (SSSR count). The van der Waals surface area contributed by atoms with Gasteiger partial charge in [-0.05, 0) is 29.6 Å². The van der Waals surface area contributed by atoms with Crippen LogP contribution in [0.25, 0.3) is 0 Å². The molecule has 0 aliphatic carbocycles. The highest BCUT2D eigenvalue weighted by atomic mass is 35.5. The van der Waals surface area contributed by atoms with E-state index in [4.69, 9.17) is 23.2 Å². The molecule has 0 unspecified atom stereocenters. The Hall–Kier alpha value is -0.750. The molecule has 0 aliphatic rings. The highest BCUT2D eigenvalue weighted by Crippen LogP contribution is 2.28. The van der Waals surface area contributed by atoms with Crippen LogP contribution in [0.2, 0.25) is 10.0 Å². The first-order valence-corrected chi connectivity index (χ1v) is 7.62. The zero-order chi connectivity index (χ0) is 12.5. The minimum Gasteiger partial charge on any atom is -0.277 e. The summed E-state index contributed by atoms with van der Waals surface area (Å²) in [5, 5.41) is 2.40. The first-order valence-electron chi connectivity index (χ1n) is 4.50.